The summed E-state index contributed by atoms with van der Waals surface area (Å²) in [6, 6.07) is 21.6. The molecule has 1 fully saturated rings. The number of carboxylic acid groups (broad SMARTS) is 1. The van der Waals surface area contributed by atoms with E-state index in [1.807, 2.05) is 13.8 Å². The summed E-state index contributed by atoms with van der Waals surface area (Å²) in [5, 5.41) is 11.4. The second-order valence-corrected chi connectivity index (χ2v) is 17.8. The molecular weight excluding hydrogens is 552 g/mol. The van der Waals surface area contributed by atoms with Crippen LogP contribution in [-0.4, -0.2) is 43.5 Å². The first-order valence-corrected chi connectivity index (χ1v) is 18.4. The van der Waals surface area contributed by atoms with Gasteiger partial charge < -0.3 is 19.0 Å². The standard InChI is InChI=1S/C37H56O5Si/c1-7-8-14-26-33-34(41-37(5,6)40-33)29-28-30(21-15-10-9-11-20-27-35(38)39)42-43(36(2,3)4,31-22-16-12-17-23-31)32-24-18-13-19-25-32/h12-13,16-19,22-25,28-30,33-34H,7-11,14-15,20-21,26-27H2,1-6H3,(H,38,39)/b29-28+/t30-,33-,34-/m0/s1. The van der Waals surface area contributed by atoms with Crippen molar-refractivity contribution >= 4 is 24.7 Å². The molecule has 1 aliphatic rings. The van der Waals surface area contributed by atoms with E-state index in [1.165, 1.54) is 23.2 Å². The normalized spacial score (nSPS) is 19.6. The molecule has 0 aromatic heterocycles. The average Bonchev–Trinajstić information content (AvgIpc) is 3.26. The number of hydrogen-bond donors (Lipinski definition) is 1. The smallest absolute Gasteiger partial charge is 0.303 e. The van der Waals surface area contributed by atoms with Crippen molar-refractivity contribution < 1.29 is 23.8 Å². The second kappa shape index (κ2) is 16.7. The molecule has 0 spiro atoms. The molecule has 0 saturated carbocycles. The Morgan fingerprint density at radius 3 is 2.05 bits per heavy atom. The van der Waals surface area contributed by atoms with Gasteiger partial charge in [0, 0.05) is 6.42 Å². The Hall–Kier alpha value is -2.25. The summed E-state index contributed by atoms with van der Waals surface area (Å²) in [5.41, 5.74) is 0. The fourth-order valence-electron chi connectivity index (χ4n) is 6.34. The molecule has 0 aliphatic carbocycles. The number of carbonyl (C=O) groups is 1. The lowest BCUT2D eigenvalue weighted by Crippen LogP contribution is -2.67. The molecule has 0 unspecified atom stereocenters. The summed E-state index contributed by atoms with van der Waals surface area (Å²) in [5.74, 6) is -1.31. The van der Waals surface area contributed by atoms with Crippen molar-refractivity contribution in [3.63, 3.8) is 0 Å². The topological polar surface area (TPSA) is 65.0 Å². The van der Waals surface area contributed by atoms with Gasteiger partial charge in [0.1, 0.15) is 6.10 Å². The maximum atomic E-state index is 10.9. The minimum Gasteiger partial charge on any atom is -0.481 e. The van der Waals surface area contributed by atoms with Gasteiger partial charge in [-0.05, 0) is 48.5 Å². The quantitative estimate of drug-likeness (QED) is 0.105. The van der Waals surface area contributed by atoms with Gasteiger partial charge in [-0.25, -0.2) is 0 Å². The first-order valence-electron chi connectivity index (χ1n) is 16.5. The van der Waals surface area contributed by atoms with Crippen molar-refractivity contribution in [1.82, 2.24) is 0 Å². The number of rotatable bonds is 18. The molecule has 43 heavy (non-hydrogen) atoms. The summed E-state index contributed by atoms with van der Waals surface area (Å²) in [4.78, 5) is 10.9. The van der Waals surface area contributed by atoms with E-state index in [9.17, 15) is 4.79 Å². The molecular formula is C37H56O5Si. The molecule has 238 valence electrons. The lowest BCUT2D eigenvalue weighted by atomic mass is 10.0. The van der Waals surface area contributed by atoms with Crippen LogP contribution in [0.3, 0.4) is 0 Å². The minimum absolute atomic E-state index is 0.0422. The SMILES string of the molecule is CCCCC[C@@H]1OC(C)(C)O[C@H]1/C=C/[C@H](CCCCCCCC(=O)O)O[Si](c1ccccc1)(c1ccccc1)C(C)(C)C. The highest BCUT2D eigenvalue weighted by Gasteiger charge is 2.51. The van der Waals surface area contributed by atoms with Crippen molar-refractivity contribution in [3.05, 3.63) is 72.8 Å². The summed E-state index contributed by atoms with van der Waals surface area (Å²) in [6.07, 6.45) is 14.8. The number of unbranched alkanes of at least 4 members (excludes halogenated alkanes) is 6. The predicted octanol–water partition coefficient (Wildman–Crippen LogP) is 8.40. The molecule has 6 heteroatoms. The zero-order valence-electron chi connectivity index (χ0n) is 27.5. The molecule has 2 aromatic carbocycles. The molecule has 3 atom stereocenters. The van der Waals surface area contributed by atoms with Crippen LogP contribution in [-0.2, 0) is 18.7 Å². The monoisotopic (exact) mass is 608 g/mol. The van der Waals surface area contributed by atoms with E-state index in [-0.39, 0.29) is 29.8 Å². The highest BCUT2D eigenvalue weighted by molar-refractivity contribution is 6.99. The van der Waals surface area contributed by atoms with Crippen LogP contribution in [0.5, 0.6) is 0 Å². The van der Waals surface area contributed by atoms with Crippen LogP contribution >= 0.6 is 0 Å². The van der Waals surface area contributed by atoms with E-state index in [2.05, 4.69) is 101 Å². The molecule has 0 bridgehead atoms. The van der Waals surface area contributed by atoms with Crippen molar-refractivity contribution in [2.75, 3.05) is 0 Å². The Labute approximate surface area is 262 Å². The van der Waals surface area contributed by atoms with E-state index in [1.54, 1.807) is 0 Å². The van der Waals surface area contributed by atoms with E-state index in [0.717, 1.165) is 51.4 Å². The Bertz CT molecular complexity index is 1070. The zero-order valence-corrected chi connectivity index (χ0v) is 28.5. The van der Waals surface area contributed by atoms with Gasteiger partial charge in [-0.1, -0.05) is 145 Å². The van der Waals surface area contributed by atoms with Crippen LogP contribution in [0.25, 0.3) is 0 Å². The van der Waals surface area contributed by atoms with Crippen molar-refractivity contribution in [2.24, 2.45) is 0 Å². The summed E-state index contributed by atoms with van der Waals surface area (Å²) in [7, 11) is -2.74. The third kappa shape index (κ3) is 10.4. The van der Waals surface area contributed by atoms with Gasteiger partial charge >= 0.3 is 5.97 Å². The van der Waals surface area contributed by atoms with Crippen molar-refractivity contribution in [3.8, 4) is 0 Å². The Morgan fingerprint density at radius 1 is 0.907 bits per heavy atom. The summed E-state index contributed by atoms with van der Waals surface area (Å²) >= 11 is 0. The Kier molecular flexibility index (Phi) is 13.7. The van der Waals surface area contributed by atoms with Gasteiger partial charge in [-0.3, -0.25) is 4.79 Å². The number of hydrogen-bond acceptors (Lipinski definition) is 4. The number of benzene rings is 2. The van der Waals surface area contributed by atoms with Gasteiger partial charge in [-0.2, -0.15) is 0 Å². The van der Waals surface area contributed by atoms with Gasteiger partial charge in [0.15, 0.2) is 5.79 Å². The van der Waals surface area contributed by atoms with Crippen LogP contribution in [0.15, 0.2) is 72.8 Å². The summed E-state index contributed by atoms with van der Waals surface area (Å²) in [6.45, 7) is 13.2. The van der Waals surface area contributed by atoms with Crippen LogP contribution in [0.1, 0.15) is 112 Å². The zero-order chi connectivity index (χ0) is 31.3. The largest absolute Gasteiger partial charge is 0.481 e. The molecule has 3 rings (SSSR count). The third-order valence-electron chi connectivity index (χ3n) is 8.45. The van der Waals surface area contributed by atoms with Gasteiger partial charge in [0.2, 0.25) is 0 Å². The highest BCUT2D eigenvalue weighted by atomic mass is 28.4. The van der Waals surface area contributed by atoms with E-state index < -0.39 is 20.1 Å². The van der Waals surface area contributed by atoms with E-state index in [4.69, 9.17) is 19.0 Å². The Morgan fingerprint density at radius 2 is 1.49 bits per heavy atom. The van der Waals surface area contributed by atoms with Crippen LogP contribution in [0.2, 0.25) is 5.04 Å². The Balaban J connectivity index is 1.91. The molecule has 1 N–H and O–H groups in total. The molecule has 1 aliphatic heterocycles. The minimum atomic E-state index is -2.74. The maximum absolute atomic E-state index is 10.9. The lowest BCUT2D eigenvalue weighted by Gasteiger charge is -2.45. The molecule has 5 nitrogen and oxygen atoms in total. The van der Waals surface area contributed by atoms with Crippen LogP contribution < -0.4 is 10.4 Å². The van der Waals surface area contributed by atoms with Gasteiger partial charge in [0.25, 0.3) is 8.32 Å². The van der Waals surface area contributed by atoms with Crippen LogP contribution in [0, 0.1) is 0 Å². The van der Waals surface area contributed by atoms with Gasteiger partial charge in [0.05, 0.1) is 12.2 Å². The third-order valence-corrected chi connectivity index (χ3v) is 13.5. The average molecular weight is 609 g/mol. The number of ether oxygens (including phenoxy) is 2. The number of carboxylic acids is 1. The summed E-state index contributed by atoms with van der Waals surface area (Å²) < 4.78 is 20.3. The van der Waals surface area contributed by atoms with Gasteiger partial charge in [-0.15, -0.1) is 0 Å². The molecule has 1 heterocycles. The second-order valence-electron chi connectivity index (χ2n) is 13.5. The first kappa shape index (κ1) is 35.2. The lowest BCUT2D eigenvalue weighted by molar-refractivity contribution is -0.143. The molecule has 2 aromatic rings. The fraction of sp³-hybridized carbons (Fsp3) is 0.595. The predicted molar refractivity (Wildman–Crippen MR) is 180 cm³/mol. The maximum Gasteiger partial charge on any atom is 0.303 e. The fourth-order valence-corrected chi connectivity index (χ4v) is 11.0. The molecule has 0 radical (unpaired) electrons. The van der Waals surface area contributed by atoms with E-state index in [0.29, 0.717) is 0 Å². The highest BCUT2D eigenvalue weighted by Crippen LogP contribution is 2.38. The first-order chi connectivity index (χ1) is 20.5. The number of aliphatic carboxylic acids is 1. The van der Waals surface area contributed by atoms with Crippen molar-refractivity contribution in [1.29, 1.82) is 0 Å². The van der Waals surface area contributed by atoms with Crippen LogP contribution in [0.4, 0.5) is 0 Å². The molecule has 0 amide bonds. The molecule has 1 saturated heterocycles. The van der Waals surface area contributed by atoms with E-state index >= 15 is 0 Å². The van der Waals surface area contributed by atoms with Crippen molar-refractivity contribution in [2.45, 2.75) is 141 Å².